The molecule has 1 aliphatic carbocycles. The second-order valence-electron chi connectivity index (χ2n) is 2.57. The monoisotopic (exact) mass is 195 g/mol. The number of hydrogen-bond acceptors (Lipinski definition) is 0. The predicted octanol–water partition coefficient (Wildman–Crippen LogP) is 2.75. The molecular formula is C9H8Br. The highest BCUT2D eigenvalue weighted by molar-refractivity contribution is 9.09. The van der Waals surface area contributed by atoms with Crippen LogP contribution in [0.15, 0.2) is 30.3 Å². The summed E-state index contributed by atoms with van der Waals surface area (Å²) >= 11 is 3.53. The molecule has 0 amide bonds. The topological polar surface area (TPSA) is 0 Å². The van der Waals surface area contributed by atoms with Crippen LogP contribution in [0.25, 0.3) is 0 Å². The number of halogens is 1. The van der Waals surface area contributed by atoms with Crippen LogP contribution in [0.4, 0.5) is 0 Å². The van der Waals surface area contributed by atoms with Crippen LogP contribution in [0.2, 0.25) is 0 Å². The Kier molecular flexibility index (Phi) is 1.53. The van der Waals surface area contributed by atoms with Crippen molar-refractivity contribution in [3.63, 3.8) is 0 Å². The van der Waals surface area contributed by atoms with Gasteiger partial charge in [-0.25, -0.2) is 0 Å². The van der Waals surface area contributed by atoms with Crippen molar-refractivity contribution in [1.82, 2.24) is 0 Å². The molecule has 1 aliphatic rings. The minimum Gasteiger partial charge on any atom is -0.0881 e. The van der Waals surface area contributed by atoms with E-state index >= 15 is 0 Å². The molecule has 51 valence electrons. The zero-order valence-corrected chi connectivity index (χ0v) is 7.08. The van der Waals surface area contributed by atoms with Gasteiger partial charge in [0.2, 0.25) is 0 Å². The number of benzene rings is 1. The molecule has 1 aromatic rings. The molecule has 0 aromatic heterocycles. The van der Waals surface area contributed by atoms with Crippen molar-refractivity contribution in [2.45, 2.75) is 10.7 Å². The molecule has 2 unspecified atom stereocenters. The maximum absolute atomic E-state index is 3.53. The lowest BCUT2D eigenvalue weighted by Crippen LogP contribution is -1.78. The Labute approximate surface area is 69.4 Å². The summed E-state index contributed by atoms with van der Waals surface area (Å²) in [6.45, 7) is 0. The van der Waals surface area contributed by atoms with Crippen molar-refractivity contribution in [3.8, 4) is 0 Å². The van der Waals surface area contributed by atoms with Gasteiger partial charge in [-0.15, -0.1) is 0 Å². The van der Waals surface area contributed by atoms with Crippen LogP contribution in [0.1, 0.15) is 11.5 Å². The van der Waals surface area contributed by atoms with E-state index in [9.17, 15) is 0 Å². The van der Waals surface area contributed by atoms with E-state index in [0.29, 0.717) is 10.7 Å². The molecule has 0 N–H and O–H groups in total. The molecule has 0 heterocycles. The third-order valence-corrected chi connectivity index (χ3v) is 2.65. The van der Waals surface area contributed by atoms with Gasteiger partial charge in [-0.2, -0.15) is 0 Å². The normalized spacial score (nSPS) is 30.1. The fourth-order valence-electron chi connectivity index (χ4n) is 1.10. The molecule has 0 spiro atoms. The first-order valence-corrected chi connectivity index (χ1v) is 4.33. The van der Waals surface area contributed by atoms with Gasteiger partial charge in [-0.1, -0.05) is 46.3 Å². The minimum absolute atomic E-state index is 0.620. The fourth-order valence-corrected chi connectivity index (χ4v) is 1.74. The second kappa shape index (κ2) is 2.39. The maximum atomic E-state index is 3.53. The van der Waals surface area contributed by atoms with Gasteiger partial charge >= 0.3 is 0 Å². The van der Waals surface area contributed by atoms with Gasteiger partial charge in [0, 0.05) is 10.7 Å². The van der Waals surface area contributed by atoms with Crippen LogP contribution in [0, 0.1) is 6.42 Å². The molecule has 1 saturated carbocycles. The van der Waals surface area contributed by atoms with Crippen LogP contribution in [-0.4, -0.2) is 4.83 Å². The highest BCUT2D eigenvalue weighted by atomic mass is 79.9. The van der Waals surface area contributed by atoms with Crippen LogP contribution < -0.4 is 0 Å². The molecular weight excluding hydrogens is 188 g/mol. The Morgan fingerprint density at radius 3 is 2.20 bits per heavy atom. The number of hydrogen-bond donors (Lipinski definition) is 0. The largest absolute Gasteiger partial charge is 0.0881 e. The summed E-state index contributed by atoms with van der Waals surface area (Å²) in [6.07, 6.45) is 2.29. The molecule has 1 radical (unpaired) electrons. The summed E-state index contributed by atoms with van der Waals surface area (Å²) < 4.78 is 0. The second-order valence-corrected chi connectivity index (χ2v) is 3.63. The Hall–Kier alpha value is -0.300. The van der Waals surface area contributed by atoms with E-state index in [4.69, 9.17) is 0 Å². The Morgan fingerprint density at radius 1 is 1.10 bits per heavy atom. The summed E-state index contributed by atoms with van der Waals surface area (Å²) in [4.78, 5) is 0.620. The Balaban J connectivity index is 2.20. The fraction of sp³-hybridized carbons (Fsp3) is 0.222. The van der Waals surface area contributed by atoms with E-state index in [-0.39, 0.29) is 0 Å². The molecule has 2 atom stereocenters. The smallest absolute Gasteiger partial charge is 0.0255 e. The highest BCUT2D eigenvalue weighted by Crippen LogP contribution is 2.44. The lowest BCUT2D eigenvalue weighted by molar-refractivity contribution is 1.18. The molecule has 2 rings (SSSR count). The van der Waals surface area contributed by atoms with E-state index in [1.807, 2.05) is 0 Å². The van der Waals surface area contributed by atoms with Gasteiger partial charge < -0.3 is 0 Å². The summed E-state index contributed by atoms with van der Waals surface area (Å²) in [7, 11) is 0. The van der Waals surface area contributed by atoms with Crippen molar-refractivity contribution < 1.29 is 0 Å². The summed E-state index contributed by atoms with van der Waals surface area (Å²) in [5.41, 5.74) is 1.42. The van der Waals surface area contributed by atoms with Crippen LogP contribution in [0.5, 0.6) is 0 Å². The van der Waals surface area contributed by atoms with Gasteiger partial charge in [0.15, 0.2) is 0 Å². The molecule has 1 aromatic carbocycles. The first-order chi connectivity index (χ1) is 4.88. The zero-order valence-electron chi connectivity index (χ0n) is 5.50. The Morgan fingerprint density at radius 2 is 1.70 bits per heavy atom. The molecule has 0 bridgehead atoms. The first kappa shape index (κ1) is 6.41. The van der Waals surface area contributed by atoms with Crippen molar-refractivity contribution in [3.05, 3.63) is 42.3 Å². The zero-order chi connectivity index (χ0) is 6.97. The first-order valence-electron chi connectivity index (χ1n) is 3.42. The molecule has 10 heavy (non-hydrogen) atoms. The van der Waals surface area contributed by atoms with Crippen LogP contribution >= 0.6 is 15.9 Å². The molecule has 1 fully saturated rings. The molecule has 0 nitrogen and oxygen atoms in total. The predicted molar refractivity (Wildman–Crippen MR) is 46.2 cm³/mol. The third-order valence-electron chi connectivity index (χ3n) is 1.78. The van der Waals surface area contributed by atoms with E-state index in [1.165, 1.54) is 5.56 Å². The average Bonchev–Trinajstić information content (AvgIpc) is 2.69. The Bertz CT molecular complexity index is 217. The van der Waals surface area contributed by atoms with Crippen molar-refractivity contribution >= 4 is 15.9 Å². The minimum atomic E-state index is 0.620. The van der Waals surface area contributed by atoms with Gasteiger partial charge in [0.25, 0.3) is 0 Å². The molecule has 1 heteroatoms. The lowest BCUT2D eigenvalue weighted by atomic mass is 10.1. The molecule has 0 saturated heterocycles. The SMILES string of the molecule is BrC1[CH]C1c1ccccc1. The van der Waals surface area contributed by atoms with Crippen molar-refractivity contribution in [2.75, 3.05) is 0 Å². The van der Waals surface area contributed by atoms with E-state index < -0.39 is 0 Å². The summed E-state index contributed by atoms with van der Waals surface area (Å²) in [5.74, 6) is 0.668. The third kappa shape index (κ3) is 1.10. The lowest BCUT2D eigenvalue weighted by Gasteiger charge is -1.93. The van der Waals surface area contributed by atoms with E-state index in [0.717, 1.165) is 0 Å². The maximum Gasteiger partial charge on any atom is 0.0255 e. The average molecular weight is 196 g/mol. The van der Waals surface area contributed by atoms with Gasteiger partial charge in [0.1, 0.15) is 0 Å². The van der Waals surface area contributed by atoms with Crippen molar-refractivity contribution in [1.29, 1.82) is 0 Å². The molecule has 0 aliphatic heterocycles. The quantitative estimate of drug-likeness (QED) is 0.606. The summed E-state index contributed by atoms with van der Waals surface area (Å²) in [5, 5.41) is 0. The van der Waals surface area contributed by atoms with Crippen LogP contribution in [-0.2, 0) is 0 Å². The highest BCUT2D eigenvalue weighted by Gasteiger charge is 2.35. The van der Waals surface area contributed by atoms with Gasteiger partial charge in [-0.05, 0) is 12.0 Å². The van der Waals surface area contributed by atoms with Gasteiger partial charge in [-0.3, -0.25) is 0 Å². The number of rotatable bonds is 1. The van der Waals surface area contributed by atoms with Gasteiger partial charge in [0.05, 0.1) is 0 Å². The standard InChI is InChI=1S/C9H8Br/c10-9-6-8(9)7-4-2-1-3-5-7/h1-6,8-9H. The number of alkyl halides is 1. The van der Waals surface area contributed by atoms with E-state index in [2.05, 4.69) is 52.7 Å². The van der Waals surface area contributed by atoms with E-state index in [1.54, 1.807) is 0 Å². The summed E-state index contributed by atoms with van der Waals surface area (Å²) in [6, 6.07) is 10.6. The van der Waals surface area contributed by atoms with Crippen LogP contribution in [0.3, 0.4) is 0 Å². The van der Waals surface area contributed by atoms with Crippen molar-refractivity contribution in [2.24, 2.45) is 0 Å².